The van der Waals surface area contributed by atoms with Crippen LogP contribution in [-0.2, 0) is 11.3 Å². The first-order chi connectivity index (χ1) is 8.22. The monoisotopic (exact) mass is 239 g/mol. The van der Waals surface area contributed by atoms with Gasteiger partial charge in [0.05, 0.1) is 32.4 Å². The van der Waals surface area contributed by atoms with Gasteiger partial charge in [0.25, 0.3) is 0 Å². The number of rotatable bonds is 4. The van der Waals surface area contributed by atoms with E-state index in [0.29, 0.717) is 12.6 Å². The second-order valence-electron chi connectivity index (χ2n) is 4.73. The third kappa shape index (κ3) is 2.86. The van der Waals surface area contributed by atoms with E-state index < -0.39 is 0 Å². The van der Waals surface area contributed by atoms with E-state index in [1.807, 2.05) is 12.4 Å². The zero-order valence-electron chi connectivity index (χ0n) is 10.5. The van der Waals surface area contributed by atoms with Gasteiger partial charge in [-0.05, 0) is 13.8 Å². The van der Waals surface area contributed by atoms with Crippen molar-refractivity contribution >= 4 is 0 Å². The average Bonchev–Trinajstić information content (AvgIpc) is 2.78. The van der Waals surface area contributed by atoms with E-state index >= 15 is 0 Å². The summed E-state index contributed by atoms with van der Waals surface area (Å²) in [6.45, 7) is 7.41. The van der Waals surface area contributed by atoms with Crippen molar-refractivity contribution in [3.63, 3.8) is 0 Å². The second kappa shape index (κ2) is 5.62. The Hall–Kier alpha value is -0.910. The number of aliphatic hydroxyl groups excluding tert-OH is 1. The molecule has 0 aliphatic carbocycles. The molecule has 5 heteroatoms. The molecular weight excluding hydrogens is 218 g/mol. The van der Waals surface area contributed by atoms with Crippen LogP contribution < -0.4 is 0 Å². The fraction of sp³-hybridized carbons (Fsp3) is 0.750. The van der Waals surface area contributed by atoms with Gasteiger partial charge in [0, 0.05) is 25.0 Å². The molecule has 2 rings (SSSR count). The molecule has 1 aromatic heterocycles. The highest BCUT2D eigenvalue weighted by Crippen LogP contribution is 2.14. The normalized spacial score (nSPS) is 22.2. The Bertz CT molecular complexity index is 351. The lowest BCUT2D eigenvalue weighted by atomic mass is 10.2. The van der Waals surface area contributed by atoms with Gasteiger partial charge in [-0.15, -0.1) is 0 Å². The summed E-state index contributed by atoms with van der Waals surface area (Å²) < 4.78 is 7.54. The van der Waals surface area contributed by atoms with Gasteiger partial charge < -0.3 is 14.4 Å². The van der Waals surface area contributed by atoms with Gasteiger partial charge in [0.1, 0.15) is 5.82 Å². The van der Waals surface area contributed by atoms with Crippen molar-refractivity contribution < 1.29 is 9.84 Å². The van der Waals surface area contributed by atoms with Crippen LogP contribution in [0.1, 0.15) is 25.7 Å². The molecule has 0 aromatic carbocycles. The third-order valence-corrected chi connectivity index (χ3v) is 3.21. The predicted molar refractivity (Wildman–Crippen MR) is 64.7 cm³/mol. The quantitative estimate of drug-likeness (QED) is 0.838. The third-order valence-electron chi connectivity index (χ3n) is 3.21. The number of hydrogen-bond donors (Lipinski definition) is 1. The predicted octanol–water partition coefficient (Wildman–Crippen LogP) is 0.657. The van der Waals surface area contributed by atoms with Gasteiger partial charge in [-0.25, -0.2) is 4.98 Å². The molecule has 1 N–H and O–H groups in total. The van der Waals surface area contributed by atoms with Crippen LogP contribution in [0.4, 0.5) is 0 Å². The zero-order valence-corrected chi connectivity index (χ0v) is 10.5. The lowest BCUT2D eigenvalue weighted by Gasteiger charge is -2.34. The van der Waals surface area contributed by atoms with Crippen molar-refractivity contribution in [1.82, 2.24) is 14.5 Å². The molecule has 0 spiro atoms. The molecule has 1 atom stereocenters. The maximum atomic E-state index is 9.32. The molecule has 0 bridgehead atoms. The Balaban J connectivity index is 2.05. The van der Waals surface area contributed by atoms with Crippen LogP contribution in [0.5, 0.6) is 0 Å². The first-order valence-electron chi connectivity index (χ1n) is 6.16. The Morgan fingerprint density at radius 2 is 2.41 bits per heavy atom. The van der Waals surface area contributed by atoms with Crippen molar-refractivity contribution in [2.24, 2.45) is 0 Å². The molecule has 0 radical (unpaired) electrons. The lowest BCUT2D eigenvalue weighted by Crippen LogP contribution is -2.47. The van der Waals surface area contributed by atoms with E-state index in [2.05, 4.69) is 28.3 Å². The molecule has 17 heavy (non-hydrogen) atoms. The van der Waals surface area contributed by atoms with Crippen LogP contribution in [0, 0.1) is 0 Å². The Morgan fingerprint density at radius 3 is 3.12 bits per heavy atom. The Kier molecular flexibility index (Phi) is 4.15. The molecule has 0 unspecified atom stereocenters. The van der Waals surface area contributed by atoms with Gasteiger partial charge in [0.15, 0.2) is 0 Å². The van der Waals surface area contributed by atoms with Crippen molar-refractivity contribution in [1.29, 1.82) is 0 Å². The number of aliphatic hydroxyl groups is 1. The number of imidazole rings is 1. The molecule has 96 valence electrons. The van der Waals surface area contributed by atoms with Crippen LogP contribution in [0.15, 0.2) is 12.4 Å². The first kappa shape index (κ1) is 12.5. The fourth-order valence-electron chi connectivity index (χ4n) is 2.18. The Labute approximate surface area is 102 Å². The molecule has 5 nitrogen and oxygen atoms in total. The smallest absolute Gasteiger partial charge is 0.123 e. The minimum absolute atomic E-state index is 0.0982. The number of morpholine rings is 1. The lowest BCUT2D eigenvalue weighted by molar-refractivity contribution is -0.0327. The van der Waals surface area contributed by atoms with Gasteiger partial charge >= 0.3 is 0 Å². The van der Waals surface area contributed by atoms with E-state index in [-0.39, 0.29) is 12.6 Å². The summed E-state index contributed by atoms with van der Waals surface area (Å²) in [6, 6.07) is 0.516. The van der Waals surface area contributed by atoms with E-state index in [0.717, 1.165) is 25.5 Å². The van der Waals surface area contributed by atoms with E-state index in [1.54, 1.807) is 0 Å². The molecule has 2 heterocycles. The number of nitrogens with zero attached hydrogens (tertiary/aromatic N) is 3. The van der Waals surface area contributed by atoms with E-state index in [4.69, 9.17) is 4.74 Å². The van der Waals surface area contributed by atoms with E-state index in [1.165, 1.54) is 0 Å². The SMILES string of the molecule is CC(C)n1ccnc1CN1CCOC[C@@H]1CO. The molecule has 1 fully saturated rings. The topological polar surface area (TPSA) is 50.5 Å². The maximum absolute atomic E-state index is 9.32. The summed E-state index contributed by atoms with van der Waals surface area (Å²) in [7, 11) is 0. The standard InChI is InChI=1S/C12H21N3O2/c1-10(2)15-4-3-13-12(15)7-14-5-6-17-9-11(14)8-16/h3-4,10-11,16H,5-9H2,1-2H3/t11-/m0/s1. The summed E-state index contributed by atoms with van der Waals surface area (Å²) in [5.41, 5.74) is 0. The number of aromatic nitrogens is 2. The summed E-state index contributed by atoms with van der Waals surface area (Å²) >= 11 is 0. The molecular formula is C12H21N3O2. The van der Waals surface area contributed by atoms with E-state index in [9.17, 15) is 5.11 Å². The molecule has 0 amide bonds. The van der Waals surface area contributed by atoms with Crippen molar-refractivity contribution in [3.05, 3.63) is 18.2 Å². The number of hydrogen-bond acceptors (Lipinski definition) is 4. The highest BCUT2D eigenvalue weighted by atomic mass is 16.5. The number of ether oxygens (including phenoxy) is 1. The van der Waals surface area contributed by atoms with Gasteiger partial charge in [-0.2, -0.15) is 0 Å². The van der Waals surface area contributed by atoms with Crippen LogP contribution in [0.25, 0.3) is 0 Å². The summed E-state index contributed by atoms with van der Waals surface area (Å²) in [5.74, 6) is 1.06. The highest BCUT2D eigenvalue weighted by molar-refractivity contribution is 4.95. The first-order valence-corrected chi connectivity index (χ1v) is 6.16. The second-order valence-corrected chi connectivity index (χ2v) is 4.73. The maximum Gasteiger partial charge on any atom is 0.123 e. The van der Waals surface area contributed by atoms with Crippen LogP contribution >= 0.6 is 0 Å². The zero-order chi connectivity index (χ0) is 12.3. The minimum Gasteiger partial charge on any atom is -0.395 e. The fourth-order valence-corrected chi connectivity index (χ4v) is 2.18. The molecule has 1 aromatic rings. The van der Waals surface area contributed by atoms with Crippen molar-refractivity contribution in [2.75, 3.05) is 26.4 Å². The minimum atomic E-state index is 0.0982. The summed E-state index contributed by atoms with van der Waals surface area (Å²) in [6.07, 6.45) is 3.85. The molecule has 1 saturated heterocycles. The van der Waals surface area contributed by atoms with Crippen molar-refractivity contribution in [3.8, 4) is 0 Å². The highest BCUT2D eigenvalue weighted by Gasteiger charge is 2.23. The molecule has 1 aliphatic rings. The summed E-state index contributed by atoms with van der Waals surface area (Å²) in [5, 5.41) is 9.32. The molecule has 0 saturated carbocycles. The van der Waals surface area contributed by atoms with Gasteiger partial charge in [0.2, 0.25) is 0 Å². The largest absolute Gasteiger partial charge is 0.395 e. The van der Waals surface area contributed by atoms with Crippen molar-refractivity contribution in [2.45, 2.75) is 32.5 Å². The van der Waals surface area contributed by atoms with Crippen LogP contribution in [-0.4, -0.2) is 52.0 Å². The summed E-state index contributed by atoms with van der Waals surface area (Å²) in [4.78, 5) is 6.64. The van der Waals surface area contributed by atoms with Crippen LogP contribution in [0.2, 0.25) is 0 Å². The van der Waals surface area contributed by atoms with Crippen LogP contribution in [0.3, 0.4) is 0 Å². The Morgan fingerprint density at radius 1 is 1.59 bits per heavy atom. The van der Waals surface area contributed by atoms with Gasteiger partial charge in [-0.1, -0.05) is 0 Å². The van der Waals surface area contributed by atoms with Gasteiger partial charge in [-0.3, -0.25) is 4.90 Å². The average molecular weight is 239 g/mol. The molecule has 1 aliphatic heterocycles.